The van der Waals surface area contributed by atoms with Gasteiger partial charge >= 0.3 is 0 Å². The number of hydrogen-bond donors (Lipinski definition) is 0. The fraction of sp³-hybridized carbons (Fsp3) is 0.318. The smallest absolute Gasteiger partial charge is 0.261 e. The van der Waals surface area contributed by atoms with Gasteiger partial charge in [-0.2, -0.15) is 5.10 Å². The van der Waals surface area contributed by atoms with Gasteiger partial charge < -0.3 is 4.57 Å². The zero-order valence-corrected chi connectivity index (χ0v) is 16.5. The Bertz CT molecular complexity index is 1230. The van der Waals surface area contributed by atoms with E-state index in [0.29, 0.717) is 16.5 Å². The molecular weight excluding hydrogens is 372 g/mol. The largest absolute Gasteiger partial charge is 0.312 e. The number of benzene rings is 1. The highest BCUT2D eigenvalue weighted by Crippen LogP contribution is 2.30. The quantitative estimate of drug-likeness (QED) is 0.472. The van der Waals surface area contributed by atoms with Crippen LogP contribution >= 0.6 is 11.6 Å². The monoisotopic (exact) mass is 392 g/mol. The van der Waals surface area contributed by atoms with Gasteiger partial charge in [0, 0.05) is 29.0 Å². The molecule has 0 N–H and O–H groups in total. The third kappa shape index (κ3) is 2.73. The topological polar surface area (TPSA) is 52.2 Å². The second-order valence-corrected chi connectivity index (χ2v) is 8.02. The van der Waals surface area contributed by atoms with Crippen molar-refractivity contribution in [2.24, 2.45) is 0 Å². The zero-order valence-electron chi connectivity index (χ0n) is 15.7. The molecule has 1 aliphatic carbocycles. The number of nitrogens with zero attached hydrogens (tertiary/aromatic N) is 4. The van der Waals surface area contributed by atoms with Crippen molar-refractivity contribution >= 4 is 28.2 Å². The minimum atomic E-state index is 0.0278. The first kappa shape index (κ1) is 17.4. The van der Waals surface area contributed by atoms with Crippen molar-refractivity contribution in [2.45, 2.75) is 45.1 Å². The fourth-order valence-electron chi connectivity index (χ4n) is 4.39. The Hall–Kier alpha value is -2.66. The van der Waals surface area contributed by atoms with Crippen molar-refractivity contribution in [3.63, 3.8) is 0 Å². The second-order valence-electron chi connectivity index (χ2n) is 7.58. The first-order chi connectivity index (χ1) is 13.6. The number of hydrogen-bond acceptors (Lipinski definition) is 3. The lowest BCUT2D eigenvalue weighted by Gasteiger charge is -2.24. The van der Waals surface area contributed by atoms with E-state index in [1.807, 2.05) is 48.0 Å². The Morgan fingerprint density at radius 3 is 2.57 bits per heavy atom. The van der Waals surface area contributed by atoms with Crippen LogP contribution in [0.15, 0.2) is 47.5 Å². The van der Waals surface area contributed by atoms with Crippen LogP contribution in [0.5, 0.6) is 0 Å². The van der Waals surface area contributed by atoms with Gasteiger partial charge in [0.1, 0.15) is 0 Å². The first-order valence-electron chi connectivity index (χ1n) is 9.78. The molecule has 5 rings (SSSR count). The Labute approximate surface area is 167 Å². The molecule has 3 aromatic heterocycles. The number of pyridine rings is 1. The van der Waals surface area contributed by atoms with Crippen LogP contribution < -0.4 is 5.56 Å². The van der Waals surface area contributed by atoms with Crippen LogP contribution in [-0.4, -0.2) is 19.2 Å². The lowest BCUT2D eigenvalue weighted by atomic mass is 9.95. The van der Waals surface area contributed by atoms with E-state index in [-0.39, 0.29) is 5.56 Å². The molecule has 0 spiro atoms. The van der Waals surface area contributed by atoms with E-state index in [9.17, 15) is 4.79 Å². The highest BCUT2D eigenvalue weighted by Gasteiger charge is 2.20. The molecule has 1 fully saturated rings. The summed E-state index contributed by atoms with van der Waals surface area (Å²) < 4.78 is 3.69. The zero-order chi connectivity index (χ0) is 19.3. The lowest BCUT2D eigenvalue weighted by Crippen LogP contribution is -2.26. The number of halogens is 1. The van der Waals surface area contributed by atoms with Crippen molar-refractivity contribution < 1.29 is 0 Å². The lowest BCUT2D eigenvalue weighted by molar-refractivity contribution is 0.347. The summed E-state index contributed by atoms with van der Waals surface area (Å²) in [6.45, 7) is 1.97. The summed E-state index contributed by atoms with van der Waals surface area (Å²) in [7, 11) is 0. The van der Waals surface area contributed by atoms with Gasteiger partial charge in [-0.3, -0.25) is 4.79 Å². The van der Waals surface area contributed by atoms with Gasteiger partial charge in [-0.15, -0.1) is 0 Å². The third-order valence-corrected chi connectivity index (χ3v) is 6.07. The van der Waals surface area contributed by atoms with Gasteiger partial charge in [0.25, 0.3) is 5.56 Å². The highest BCUT2D eigenvalue weighted by molar-refractivity contribution is 6.30. The minimum Gasteiger partial charge on any atom is -0.312 e. The van der Waals surface area contributed by atoms with E-state index >= 15 is 0 Å². The van der Waals surface area contributed by atoms with Gasteiger partial charge in [-0.05, 0) is 43.5 Å². The van der Waals surface area contributed by atoms with Crippen LogP contribution in [0.1, 0.15) is 43.8 Å². The molecule has 0 aliphatic heterocycles. The molecule has 1 saturated carbocycles. The van der Waals surface area contributed by atoms with Gasteiger partial charge in [-0.25, -0.2) is 9.50 Å². The molecule has 0 bridgehead atoms. The molecule has 4 aromatic rings. The predicted octanol–water partition coefficient (Wildman–Crippen LogP) is 5.18. The van der Waals surface area contributed by atoms with Crippen molar-refractivity contribution in [1.82, 2.24) is 19.2 Å². The molecule has 0 amide bonds. The molecule has 1 aliphatic rings. The standard InChI is InChI=1S/C22H21ClN4O/c1-14-20(15-7-9-16(23)10-8-15)21-24-13-18-19(27(21)25-14)11-12-26(22(18)28)17-5-3-2-4-6-17/h7-13,17H,2-6H2,1H3. The molecule has 5 nitrogen and oxygen atoms in total. The molecule has 28 heavy (non-hydrogen) atoms. The molecule has 142 valence electrons. The summed E-state index contributed by atoms with van der Waals surface area (Å²) >= 11 is 6.03. The Morgan fingerprint density at radius 2 is 1.82 bits per heavy atom. The summed E-state index contributed by atoms with van der Waals surface area (Å²) in [5, 5.41) is 6.01. The van der Waals surface area contributed by atoms with Crippen LogP contribution in [0.4, 0.5) is 0 Å². The molecule has 3 heterocycles. The van der Waals surface area contributed by atoms with E-state index in [0.717, 1.165) is 40.8 Å². The number of aromatic nitrogens is 4. The minimum absolute atomic E-state index is 0.0278. The maximum Gasteiger partial charge on any atom is 0.261 e. The predicted molar refractivity (Wildman–Crippen MR) is 112 cm³/mol. The number of fused-ring (bicyclic) bond motifs is 3. The van der Waals surface area contributed by atoms with Gasteiger partial charge in [0.15, 0.2) is 5.65 Å². The van der Waals surface area contributed by atoms with E-state index in [1.165, 1.54) is 19.3 Å². The Kier molecular flexibility index (Phi) is 4.20. The summed E-state index contributed by atoms with van der Waals surface area (Å²) in [6.07, 6.45) is 9.42. The van der Waals surface area contributed by atoms with E-state index in [4.69, 9.17) is 16.7 Å². The van der Waals surface area contributed by atoms with Crippen molar-refractivity contribution in [2.75, 3.05) is 0 Å². The maximum absolute atomic E-state index is 13.1. The van der Waals surface area contributed by atoms with Gasteiger partial charge in [0.05, 0.1) is 16.6 Å². The molecular formula is C22H21ClN4O. The van der Waals surface area contributed by atoms with Gasteiger partial charge in [-0.1, -0.05) is 43.0 Å². The van der Waals surface area contributed by atoms with Gasteiger partial charge in [0.2, 0.25) is 0 Å². The normalized spacial score (nSPS) is 15.5. The maximum atomic E-state index is 13.1. The van der Waals surface area contributed by atoms with Crippen LogP contribution in [0.25, 0.3) is 27.7 Å². The molecule has 0 unspecified atom stereocenters. The average molecular weight is 393 g/mol. The van der Waals surface area contributed by atoms with E-state index in [1.54, 1.807) is 10.7 Å². The summed E-state index contributed by atoms with van der Waals surface area (Å²) in [5.41, 5.74) is 4.43. The van der Waals surface area contributed by atoms with Crippen LogP contribution in [0.2, 0.25) is 5.02 Å². The van der Waals surface area contributed by atoms with Crippen LogP contribution in [0.3, 0.4) is 0 Å². The molecule has 6 heteroatoms. The second kappa shape index (κ2) is 6.74. The molecule has 0 saturated heterocycles. The summed E-state index contributed by atoms with van der Waals surface area (Å²) in [6, 6.07) is 9.97. The van der Waals surface area contributed by atoms with E-state index < -0.39 is 0 Å². The Morgan fingerprint density at radius 1 is 1.07 bits per heavy atom. The first-order valence-corrected chi connectivity index (χ1v) is 10.2. The van der Waals surface area contributed by atoms with Crippen molar-refractivity contribution in [1.29, 1.82) is 0 Å². The Balaban J connectivity index is 1.70. The fourth-order valence-corrected chi connectivity index (χ4v) is 4.52. The molecule has 0 radical (unpaired) electrons. The number of rotatable bonds is 2. The van der Waals surface area contributed by atoms with E-state index in [2.05, 4.69) is 4.98 Å². The summed E-state index contributed by atoms with van der Waals surface area (Å²) in [4.78, 5) is 17.8. The average Bonchev–Trinajstić information content (AvgIpc) is 3.06. The van der Waals surface area contributed by atoms with Crippen molar-refractivity contribution in [3.05, 3.63) is 63.8 Å². The number of aryl methyl sites for hydroxylation is 1. The van der Waals surface area contributed by atoms with Crippen molar-refractivity contribution in [3.8, 4) is 11.1 Å². The van der Waals surface area contributed by atoms with Crippen LogP contribution in [-0.2, 0) is 0 Å². The SMILES string of the molecule is Cc1nn2c(ncc3c(=O)n(C4CCCCC4)ccc32)c1-c1ccc(Cl)cc1. The van der Waals surface area contributed by atoms with Crippen LogP contribution in [0, 0.1) is 6.92 Å². The third-order valence-electron chi connectivity index (χ3n) is 5.82. The molecule has 1 aromatic carbocycles. The highest BCUT2D eigenvalue weighted by atomic mass is 35.5. The summed E-state index contributed by atoms with van der Waals surface area (Å²) in [5.74, 6) is 0. The molecule has 0 atom stereocenters.